The molecule has 2 amide bonds. The van der Waals surface area contributed by atoms with E-state index >= 15 is 0 Å². The Hall–Kier alpha value is -2.89. The van der Waals surface area contributed by atoms with Crippen molar-refractivity contribution in [1.29, 1.82) is 0 Å². The molecular formula is C25H33N3O3. The van der Waals surface area contributed by atoms with Crippen molar-refractivity contribution in [3.05, 3.63) is 59.8 Å². The van der Waals surface area contributed by atoms with Crippen LogP contribution >= 0.6 is 0 Å². The number of anilines is 1. The molecule has 1 saturated heterocycles. The Bertz CT molecular complexity index is 892. The normalized spacial score (nSPS) is 16.6. The molecule has 31 heavy (non-hydrogen) atoms. The molecule has 6 nitrogen and oxygen atoms in total. The zero-order valence-corrected chi connectivity index (χ0v) is 19.0. The van der Waals surface area contributed by atoms with E-state index in [-0.39, 0.29) is 11.9 Å². The van der Waals surface area contributed by atoms with E-state index in [0.29, 0.717) is 24.5 Å². The maximum absolute atomic E-state index is 13.3. The largest absolute Gasteiger partial charge is 0.443 e. The molecule has 0 saturated carbocycles. The lowest BCUT2D eigenvalue weighted by molar-refractivity contribution is 0.0577. The highest BCUT2D eigenvalue weighted by Gasteiger charge is 2.33. The third-order valence-corrected chi connectivity index (χ3v) is 5.28. The molecular weight excluding hydrogens is 390 g/mol. The summed E-state index contributed by atoms with van der Waals surface area (Å²) in [7, 11) is 0. The quantitative estimate of drug-likeness (QED) is 0.628. The molecule has 1 aliphatic heterocycles. The van der Waals surface area contributed by atoms with Crippen LogP contribution in [0.4, 0.5) is 10.6 Å². The monoisotopic (exact) mass is 423 g/mol. The molecule has 0 radical (unpaired) electrons. The zero-order chi connectivity index (χ0) is 22.4. The molecule has 0 unspecified atom stereocenters. The number of aromatic nitrogens is 1. The fourth-order valence-electron chi connectivity index (χ4n) is 3.96. The van der Waals surface area contributed by atoms with E-state index in [1.165, 1.54) is 0 Å². The Balaban J connectivity index is 1.97. The molecule has 6 heteroatoms. The summed E-state index contributed by atoms with van der Waals surface area (Å²) in [6.45, 7) is 8.78. The van der Waals surface area contributed by atoms with Crippen LogP contribution in [-0.2, 0) is 4.74 Å². The second-order valence-electron chi connectivity index (χ2n) is 8.92. The van der Waals surface area contributed by atoms with Gasteiger partial charge in [-0.3, -0.25) is 9.69 Å². The molecule has 1 fully saturated rings. The number of rotatable bonds is 5. The van der Waals surface area contributed by atoms with Gasteiger partial charge in [-0.2, -0.15) is 0 Å². The van der Waals surface area contributed by atoms with Crippen molar-refractivity contribution >= 4 is 17.8 Å². The second-order valence-corrected chi connectivity index (χ2v) is 8.92. The first-order chi connectivity index (χ1) is 14.8. The van der Waals surface area contributed by atoms with Crippen LogP contribution < -0.4 is 4.90 Å². The van der Waals surface area contributed by atoms with Crippen LogP contribution in [-0.4, -0.2) is 40.6 Å². The maximum atomic E-state index is 13.3. The van der Waals surface area contributed by atoms with Gasteiger partial charge in [0.25, 0.3) is 5.91 Å². The van der Waals surface area contributed by atoms with E-state index in [2.05, 4.69) is 4.98 Å². The summed E-state index contributed by atoms with van der Waals surface area (Å²) in [5, 5.41) is 0. The Morgan fingerprint density at radius 1 is 1.13 bits per heavy atom. The highest BCUT2D eigenvalue weighted by atomic mass is 16.6. The van der Waals surface area contributed by atoms with Gasteiger partial charge in [-0.25, -0.2) is 9.78 Å². The number of carbonyl (C=O) groups is 2. The number of hydrogen-bond acceptors (Lipinski definition) is 4. The number of ether oxygens (including phenoxy) is 1. The van der Waals surface area contributed by atoms with Gasteiger partial charge in [0.15, 0.2) is 0 Å². The highest BCUT2D eigenvalue weighted by Crippen LogP contribution is 2.36. The van der Waals surface area contributed by atoms with Crippen molar-refractivity contribution in [2.45, 2.75) is 65.0 Å². The second kappa shape index (κ2) is 9.94. The number of hydrogen-bond donors (Lipinski definition) is 0. The number of carbonyl (C=O) groups excluding carboxylic acids is 2. The topological polar surface area (TPSA) is 62.7 Å². The summed E-state index contributed by atoms with van der Waals surface area (Å²) < 4.78 is 5.66. The van der Waals surface area contributed by atoms with Gasteiger partial charge in [0, 0.05) is 30.4 Å². The van der Waals surface area contributed by atoms with E-state index in [1.807, 2.05) is 75.1 Å². The van der Waals surface area contributed by atoms with Gasteiger partial charge in [-0.05, 0) is 64.7 Å². The third-order valence-electron chi connectivity index (χ3n) is 5.28. The van der Waals surface area contributed by atoms with Crippen molar-refractivity contribution in [3.63, 3.8) is 0 Å². The lowest BCUT2D eigenvalue weighted by atomic mass is 9.94. The first kappa shape index (κ1) is 22.8. The lowest BCUT2D eigenvalue weighted by Gasteiger charge is -2.38. The maximum Gasteiger partial charge on any atom is 0.416 e. The SMILES string of the molecule is CCCN(C(=O)OC(C)(C)C)c1ncccc1[C@H]1CCCCN1C(=O)c1ccccc1. The summed E-state index contributed by atoms with van der Waals surface area (Å²) in [5.41, 5.74) is 0.973. The van der Waals surface area contributed by atoms with E-state index in [0.717, 1.165) is 31.2 Å². The van der Waals surface area contributed by atoms with Gasteiger partial charge in [0.1, 0.15) is 11.4 Å². The van der Waals surface area contributed by atoms with Crippen LogP contribution in [0.5, 0.6) is 0 Å². The standard InChI is InChI=1S/C25H33N3O3/c1-5-17-28(24(30)31-25(2,3)4)22-20(14-11-16-26-22)21-15-9-10-18-27(21)23(29)19-12-7-6-8-13-19/h6-8,11-14,16,21H,5,9-10,15,17-18H2,1-4H3/t21-/m1/s1. The number of nitrogens with zero attached hydrogens (tertiary/aromatic N) is 3. The van der Waals surface area contributed by atoms with Gasteiger partial charge in [-0.15, -0.1) is 0 Å². The first-order valence-electron chi connectivity index (χ1n) is 11.1. The van der Waals surface area contributed by atoms with E-state index in [4.69, 9.17) is 4.74 Å². The number of pyridine rings is 1. The fourth-order valence-corrected chi connectivity index (χ4v) is 3.96. The minimum absolute atomic E-state index is 0.0133. The van der Waals surface area contributed by atoms with Crippen LogP contribution in [0.1, 0.15) is 75.3 Å². The minimum Gasteiger partial charge on any atom is -0.443 e. The average molecular weight is 424 g/mol. The molecule has 1 aliphatic rings. The zero-order valence-electron chi connectivity index (χ0n) is 19.0. The van der Waals surface area contributed by atoms with Gasteiger partial charge in [0.2, 0.25) is 0 Å². The fraction of sp³-hybridized carbons (Fsp3) is 0.480. The molecule has 0 bridgehead atoms. The van der Waals surface area contributed by atoms with Crippen molar-refractivity contribution in [2.24, 2.45) is 0 Å². The summed E-state index contributed by atoms with van der Waals surface area (Å²) in [5.74, 6) is 0.593. The lowest BCUT2D eigenvalue weighted by Crippen LogP contribution is -2.41. The van der Waals surface area contributed by atoms with Gasteiger partial charge in [0.05, 0.1) is 6.04 Å². The Morgan fingerprint density at radius 2 is 1.87 bits per heavy atom. The van der Waals surface area contributed by atoms with Crippen LogP contribution in [0.25, 0.3) is 0 Å². The molecule has 0 aliphatic carbocycles. The van der Waals surface area contributed by atoms with Crippen molar-refractivity contribution < 1.29 is 14.3 Å². The van der Waals surface area contributed by atoms with Crippen LogP contribution in [0.15, 0.2) is 48.7 Å². The van der Waals surface area contributed by atoms with E-state index in [1.54, 1.807) is 11.1 Å². The molecule has 1 atom stereocenters. The molecule has 3 rings (SSSR count). The molecule has 2 aromatic rings. The first-order valence-corrected chi connectivity index (χ1v) is 11.1. The Labute approximate surface area is 185 Å². The van der Waals surface area contributed by atoms with Crippen LogP contribution in [0, 0.1) is 0 Å². The van der Waals surface area contributed by atoms with Gasteiger partial charge in [-0.1, -0.05) is 31.2 Å². The van der Waals surface area contributed by atoms with Crippen molar-refractivity contribution in [1.82, 2.24) is 9.88 Å². The molecule has 0 spiro atoms. The summed E-state index contributed by atoms with van der Waals surface area (Å²) >= 11 is 0. The molecule has 0 N–H and O–H groups in total. The average Bonchev–Trinajstić information content (AvgIpc) is 2.76. The number of amides is 2. The third kappa shape index (κ3) is 5.63. The highest BCUT2D eigenvalue weighted by molar-refractivity contribution is 5.95. The predicted octanol–water partition coefficient (Wildman–Crippen LogP) is 5.60. The smallest absolute Gasteiger partial charge is 0.416 e. The van der Waals surface area contributed by atoms with Crippen molar-refractivity contribution in [2.75, 3.05) is 18.0 Å². The van der Waals surface area contributed by atoms with E-state index < -0.39 is 11.7 Å². The number of benzene rings is 1. The van der Waals surface area contributed by atoms with Gasteiger partial charge < -0.3 is 9.64 Å². The molecule has 1 aromatic heterocycles. The number of piperidine rings is 1. The predicted molar refractivity (Wildman–Crippen MR) is 122 cm³/mol. The van der Waals surface area contributed by atoms with Gasteiger partial charge >= 0.3 is 6.09 Å². The summed E-state index contributed by atoms with van der Waals surface area (Å²) in [6.07, 6.45) is 4.88. The minimum atomic E-state index is -0.599. The Kier molecular flexibility index (Phi) is 7.31. The van der Waals surface area contributed by atoms with E-state index in [9.17, 15) is 9.59 Å². The Morgan fingerprint density at radius 3 is 2.55 bits per heavy atom. The summed E-state index contributed by atoms with van der Waals surface area (Å²) in [4.78, 5) is 34.4. The van der Waals surface area contributed by atoms with Crippen LogP contribution in [0.3, 0.4) is 0 Å². The molecule has 1 aromatic carbocycles. The number of likely N-dealkylation sites (tertiary alicyclic amines) is 1. The molecule has 2 heterocycles. The van der Waals surface area contributed by atoms with Crippen molar-refractivity contribution in [3.8, 4) is 0 Å². The van der Waals surface area contributed by atoms with Crippen LogP contribution in [0.2, 0.25) is 0 Å². The molecule has 166 valence electrons. The summed E-state index contributed by atoms with van der Waals surface area (Å²) in [6, 6.07) is 13.1.